The van der Waals surface area contributed by atoms with Crippen molar-refractivity contribution in [2.45, 2.75) is 10.5 Å². The van der Waals surface area contributed by atoms with Gasteiger partial charge in [0, 0.05) is 70.0 Å². The van der Waals surface area contributed by atoms with E-state index in [4.69, 9.17) is 19.4 Å². The van der Waals surface area contributed by atoms with E-state index >= 15 is 0 Å². The number of thiophene rings is 1. The summed E-state index contributed by atoms with van der Waals surface area (Å²) in [6, 6.07) is 43.0. The Hall–Kier alpha value is -6.08. The van der Waals surface area contributed by atoms with Crippen molar-refractivity contribution >= 4 is 81.6 Å². The fraction of sp³-hybridized carbons (Fsp3) is 0.0816. The largest absolute Gasteiger partial charge is 0.456 e. The molecule has 0 saturated carbocycles. The lowest BCUT2D eigenvalue weighted by molar-refractivity contribution is 0.538. The number of furan rings is 1. The van der Waals surface area contributed by atoms with Crippen LogP contribution in [0.4, 0.5) is 0 Å². The van der Waals surface area contributed by atoms with Crippen LogP contribution in [0.1, 0.15) is 5.82 Å². The predicted molar refractivity (Wildman–Crippen MR) is 231 cm³/mol. The molecule has 1 fully saturated rings. The summed E-state index contributed by atoms with van der Waals surface area (Å²) in [5, 5.41) is 7.65. The summed E-state index contributed by atoms with van der Waals surface area (Å²) in [5.41, 5.74) is 6.96. The Morgan fingerprint density at radius 1 is 0.527 bits per heavy atom. The summed E-state index contributed by atoms with van der Waals surface area (Å²) in [6.07, 6.45) is 15.9. The summed E-state index contributed by atoms with van der Waals surface area (Å²) < 4.78 is 9.09. The number of hydrogen-bond donors (Lipinski definition) is 0. The Labute approximate surface area is 325 Å². The monoisotopic (exact) mass is 741 g/mol. The molecule has 0 radical (unpaired) electrons. The van der Waals surface area contributed by atoms with E-state index in [9.17, 15) is 0 Å². The molecule has 6 heteroatoms. The zero-order chi connectivity index (χ0) is 36.0. The second kappa shape index (κ2) is 12.2. The van der Waals surface area contributed by atoms with Gasteiger partial charge >= 0.3 is 0 Å². The van der Waals surface area contributed by atoms with Gasteiger partial charge in [-0.25, -0.2) is 15.0 Å². The van der Waals surface area contributed by atoms with Crippen LogP contribution in [-0.4, -0.2) is 25.5 Å². The molecule has 0 bridgehead atoms. The minimum atomic E-state index is 0.247. The molecule has 0 N–H and O–H groups in total. The van der Waals surface area contributed by atoms with Crippen molar-refractivity contribution < 1.29 is 4.42 Å². The van der Waals surface area contributed by atoms with Gasteiger partial charge in [0.1, 0.15) is 11.2 Å². The molecular formula is C49H31N3OS2. The smallest absolute Gasteiger partial charge is 0.165 e. The van der Waals surface area contributed by atoms with Crippen molar-refractivity contribution in [2.24, 2.45) is 11.8 Å². The molecule has 260 valence electrons. The summed E-state index contributed by atoms with van der Waals surface area (Å²) in [5.74, 6) is 2.64. The Balaban J connectivity index is 1.17. The van der Waals surface area contributed by atoms with Crippen LogP contribution >= 0.6 is 23.1 Å². The number of fused-ring (bicyclic) bond motifs is 10. The third-order valence-corrected chi connectivity index (χ3v) is 14.2. The van der Waals surface area contributed by atoms with E-state index in [1.54, 1.807) is 0 Å². The maximum Gasteiger partial charge on any atom is 0.165 e. The van der Waals surface area contributed by atoms with Crippen LogP contribution in [0, 0.1) is 11.8 Å². The minimum Gasteiger partial charge on any atom is -0.456 e. The molecule has 12 rings (SSSR count). The number of nitrogens with zero attached hydrogens (tertiary/aromatic N) is 3. The number of allylic oxidation sites excluding steroid dienone is 6. The molecule has 4 nitrogen and oxygen atoms in total. The Kier molecular flexibility index (Phi) is 6.95. The van der Waals surface area contributed by atoms with Gasteiger partial charge in [-0.3, -0.25) is 0 Å². The minimum absolute atomic E-state index is 0.247. The Morgan fingerprint density at radius 2 is 1.31 bits per heavy atom. The summed E-state index contributed by atoms with van der Waals surface area (Å²) in [7, 11) is 0. The van der Waals surface area contributed by atoms with Crippen LogP contribution in [0.3, 0.4) is 0 Å². The highest BCUT2D eigenvalue weighted by molar-refractivity contribution is 8.01. The van der Waals surface area contributed by atoms with Gasteiger partial charge in [0.25, 0.3) is 0 Å². The van der Waals surface area contributed by atoms with Gasteiger partial charge in [-0.1, -0.05) is 127 Å². The van der Waals surface area contributed by atoms with Crippen LogP contribution < -0.4 is 0 Å². The first-order chi connectivity index (χ1) is 27.2. The highest BCUT2D eigenvalue weighted by atomic mass is 32.2. The number of aromatic nitrogens is 3. The molecule has 55 heavy (non-hydrogen) atoms. The first-order valence-corrected chi connectivity index (χ1v) is 20.5. The van der Waals surface area contributed by atoms with Crippen molar-refractivity contribution in [1.82, 2.24) is 15.0 Å². The Morgan fingerprint density at radius 3 is 2.27 bits per heavy atom. The van der Waals surface area contributed by atoms with Crippen LogP contribution in [-0.2, 0) is 0 Å². The van der Waals surface area contributed by atoms with Crippen molar-refractivity contribution in [3.8, 4) is 33.9 Å². The van der Waals surface area contributed by atoms with Gasteiger partial charge in [-0.15, -0.1) is 23.1 Å². The van der Waals surface area contributed by atoms with Crippen molar-refractivity contribution in [2.75, 3.05) is 0 Å². The number of rotatable bonds is 4. The molecular weight excluding hydrogens is 711 g/mol. The molecule has 4 heterocycles. The van der Waals surface area contributed by atoms with E-state index in [2.05, 4.69) is 152 Å². The molecule has 0 spiro atoms. The number of thioether (sulfide) groups is 1. The number of para-hydroxylation sites is 1. The first kappa shape index (κ1) is 31.3. The third-order valence-electron chi connectivity index (χ3n) is 11.5. The summed E-state index contributed by atoms with van der Waals surface area (Å²) in [4.78, 5) is 16.4. The predicted octanol–water partition coefficient (Wildman–Crippen LogP) is 13.1. The zero-order valence-corrected chi connectivity index (χ0v) is 31.1. The lowest BCUT2D eigenvalue weighted by Gasteiger charge is -2.27. The first-order valence-electron chi connectivity index (χ1n) is 18.7. The van der Waals surface area contributed by atoms with Gasteiger partial charge in [0.05, 0.1) is 0 Å². The fourth-order valence-corrected chi connectivity index (χ4v) is 11.8. The molecule has 0 amide bonds. The van der Waals surface area contributed by atoms with Crippen molar-refractivity contribution in [3.63, 3.8) is 0 Å². The lowest BCUT2D eigenvalue weighted by Crippen LogP contribution is -2.24. The van der Waals surface area contributed by atoms with Crippen molar-refractivity contribution in [3.05, 3.63) is 170 Å². The van der Waals surface area contributed by atoms with Crippen LogP contribution in [0.2, 0.25) is 0 Å². The molecule has 3 aliphatic rings. The highest BCUT2D eigenvalue weighted by Crippen LogP contribution is 2.53. The zero-order valence-electron chi connectivity index (χ0n) is 29.5. The van der Waals surface area contributed by atoms with E-state index in [-0.39, 0.29) is 5.92 Å². The molecule has 4 atom stereocenters. The van der Waals surface area contributed by atoms with Crippen LogP contribution in [0.25, 0.3) is 92.4 Å². The number of hydrogen-bond acceptors (Lipinski definition) is 6. The molecule has 4 unspecified atom stereocenters. The van der Waals surface area contributed by atoms with E-state index in [0.29, 0.717) is 28.1 Å². The topological polar surface area (TPSA) is 51.8 Å². The molecule has 3 aromatic heterocycles. The number of benzene rings is 6. The fourth-order valence-electron chi connectivity index (χ4n) is 9.05. The molecule has 1 aliphatic heterocycles. The van der Waals surface area contributed by atoms with Gasteiger partial charge in [-0.2, -0.15) is 0 Å². The highest BCUT2D eigenvalue weighted by Gasteiger charge is 2.45. The van der Waals surface area contributed by atoms with E-state index < -0.39 is 0 Å². The normalized spacial score (nSPS) is 20.2. The van der Waals surface area contributed by atoms with Gasteiger partial charge in [0.2, 0.25) is 0 Å². The Bertz CT molecular complexity index is 3180. The lowest BCUT2D eigenvalue weighted by atomic mass is 9.77. The second-order valence-corrected chi connectivity index (χ2v) is 17.0. The van der Waals surface area contributed by atoms with E-state index in [1.807, 2.05) is 35.2 Å². The summed E-state index contributed by atoms with van der Waals surface area (Å²) in [6.45, 7) is 0. The SMILES string of the molecule is C1=CC2SC3C=CC=C(c4nc(-c5ccc6ccccc6c5)nc(-c5c(-c6cccc7sc8ccccc8c67)ccc6oc7ccccc7c56)n4)C3C2C=C1. The van der Waals surface area contributed by atoms with Gasteiger partial charge in [-0.05, 0) is 58.3 Å². The van der Waals surface area contributed by atoms with Gasteiger partial charge in [0.15, 0.2) is 17.5 Å². The average Bonchev–Trinajstić information content (AvgIpc) is 3.94. The maximum absolute atomic E-state index is 6.57. The quantitative estimate of drug-likeness (QED) is 0.180. The average molecular weight is 742 g/mol. The van der Waals surface area contributed by atoms with Gasteiger partial charge < -0.3 is 4.42 Å². The van der Waals surface area contributed by atoms with E-state index in [1.165, 1.54) is 25.6 Å². The maximum atomic E-state index is 6.57. The molecule has 6 aromatic carbocycles. The second-order valence-electron chi connectivity index (χ2n) is 14.5. The molecule has 2 aliphatic carbocycles. The third kappa shape index (κ3) is 4.88. The van der Waals surface area contributed by atoms with Crippen LogP contribution in [0.5, 0.6) is 0 Å². The van der Waals surface area contributed by atoms with Crippen LogP contribution in [0.15, 0.2) is 168 Å². The standard InChI is InChI=1S/C49H31N3OS2/c1-2-12-29-27-30(24-23-28(29)11-1)47-50-48(36-17-10-22-42-44(36)35-15-5-8-20-40(35)55-42)52-49(51-47)46-32(25-26-38-45(46)33-13-3-6-18-37(33)53-38)31-16-9-21-41-43(31)34-14-4-7-19-39(34)54-41/h1-27,35,40,42,44H. The molecule has 1 saturated heterocycles. The van der Waals surface area contributed by atoms with Crippen molar-refractivity contribution in [1.29, 1.82) is 0 Å². The summed E-state index contributed by atoms with van der Waals surface area (Å²) >= 11 is 3.87. The molecule has 9 aromatic rings. The van der Waals surface area contributed by atoms with E-state index in [0.717, 1.165) is 61.0 Å².